The molecule has 0 saturated carbocycles. The van der Waals surface area contributed by atoms with Crippen LogP contribution < -0.4 is 5.32 Å². The summed E-state index contributed by atoms with van der Waals surface area (Å²) in [5, 5.41) is 3.00. The molecule has 1 amide bonds. The molecule has 3 heteroatoms. The highest BCUT2D eigenvalue weighted by Gasteiger charge is 2.18. The average Bonchev–Trinajstić information content (AvgIpc) is 2.79. The molecule has 1 unspecified atom stereocenters. The summed E-state index contributed by atoms with van der Waals surface area (Å²) in [4.78, 5) is 14.1. The zero-order chi connectivity index (χ0) is 12.0. The van der Waals surface area contributed by atoms with E-state index in [1.54, 1.807) is 0 Å². The van der Waals surface area contributed by atoms with Crippen molar-refractivity contribution in [3.8, 4) is 0 Å². The number of nitrogens with one attached hydrogen (secondary N) is 1. The molecular formula is C13H24N2O. The molecule has 16 heavy (non-hydrogen) atoms. The van der Waals surface area contributed by atoms with E-state index in [9.17, 15) is 4.79 Å². The summed E-state index contributed by atoms with van der Waals surface area (Å²) in [7, 11) is 0. The number of rotatable bonds is 5. The van der Waals surface area contributed by atoms with Gasteiger partial charge in [-0.05, 0) is 46.2 Å². The molecule has 0 aromatic rings. The zero-order valence-electron chi connectivity index (χ0n) is 10.8. The third-order valence-electron chi connectivity index (χ3n) is 3.19. The van der Waals surface area contributed by atoms with Gasteiger partial charge in [0.1, 0.15) is 0 Å². The molecule has 0 spiro atoms. The fourth-order valence-corrected chi connectivity index (χ4v) is 2.09. The van der Waals surface area contributed by atoms with E-state index >= 15 is 0 Å². The molecule has 1 heterocycles. The van der Waals surface area contributed by atoms with Gasteiger partial charge in [-0.15, -0.1) is 0 Å². The largest absolute Gasteiger partial charge is 0.351 e. The van der Waals surface area contributed by atoms with Gasteiger partial charge in [-0.1, -0.05) is 13.0 Å². The Morgan fingerprint density at radius 2 is 2.06 bits per heavy atom. The number of carbonyl (C=O) groups is 1. The highest BCUT2D eigenvalue weighted by atomic mass is 16.1. The SMILES string of the molecule is CC/C=C(\C)C(=O)NCC(C)N1CCCC1. The van der Waals surface area contributed by atoms with Gasteiger partial charge in [0.2, 0.25) is 5.91 Å². The molecule has 1 atom stereocenters. The molecule has 0 bridgehead atoms. The number of likely N-dealkylation sites (tertiary alicyclic amines) is 1. The van der Waals surface area contributed by atoms with Crippen LogP contribution in [-0.2, 0) is 4.79 Å². The molecular weight excluding hydrogens is 200 g/mol. The van der Waals surface area contributed by atoms with Crippen LogP contribution >= 0.6 is 0 Å². The van der Waals surface area contributed by atoms with Gasteiger partial charge in [0.25, 0.3) is 0 Å². The Bertz CT molecular complexity index is 255. The first-order chi connectivity index (χ1) is 7.65. The number of amides is 1. The highest BCUT2D eigenvalue weighted by Crippen LogP contribution is 2.10. The lowest BCUT2D eigenvalue weighted by atomic mass is 10.2. The lowest BCUT2D eigenvalue weighted by Gasteiger charge is -2.23. The molecule has 1 aliphatic heterocycles. The highest BCUT2D eigenvalue weighted by molar-refractivity contribution is 5.92. The number of hydrogen-bond acceptors (Lipinski definition) is 2. The maximum Gasteiger partial charge on any atom is 0.246 e. The van der Waals surface area contributed by atoms with Gasteiger partial charge in [0, 0.05) is 18.2 Å². The first-order valence-corrected chi connectivity index (χ1v) is 6.34. The quantitative estimate of drug-likeness (QED) is 0.724. The van der Waals surface area contributed by atoms with E-state index in [1.165, 1.54) is 25.9 Å². The lowest BCUT2D eigenvalue weighted by Crippen LogP contribution is -2.40. The van der Waals surface area contributed by atoms with Crippen molar-refractivity contribution in [2.24, 2.45) is 0 Å². The molecule has 92 valence electrons. The van der Waals surface area contributed by atoms with E-state index < -0.39 is 0 Å². The molecule has 1 saturated heterocycles. The third kappa shape index (κ3) is 3.97. The Morgan fingerprint density at radius 1 is 1.44 bits per heavy atom. The van der Waals surface area contributed by atoms with Crippen molar-refractivity contribution in [3.63, 3.8) is 0 Å². The number of hydrogen-bond donors (Lipinski definition) is 1. The second-order valence-corrected chi connectivity index (χ2v) is 4.60. The standard InChI is InChI=1S/C13H24N2O/c1-4-7-11(2)13(16)14-10-12(3)15-8-5-6-9-15/h7,12H,4-6,8-10H2,1-3H3,(H,14,16)/b11-7+. The van der Waals surface area contributed by atoms with Gasteiger partial charge < -0.3 is 5.32 Å². The number of allylic oxidation sites excluding steroid dienone is 1. The summed E-state index contributed by atoms with van der Waals surface area (Å²) in [5.74, 6) is 0.0768. The van der Waals surface area contributed by atoms with Gasteiger partial charge in [-0.25, -0.2) is 0 Å². The van der Waals surface area contributed by atoms with Crippen molar-refractivity contribution in [2.75, 3.05) is 19.6 Å². The Kier molecular flexibility index (Phi) is 5.53. The van der Waals surface area contributed by atoms with Crippen molar-refractivity contribution >= 4 is 5.91 Å². The van der Waals surface area contributed by atoms with Crippen LogP contribution in [0.2, 0.25) is 0 Å². The van der Waals surface area contributed by atoms with Crippen LogP contribution in [0.5, 0.6) is 0 Å². The second-order valence-electron chi connectivity index (χ2n) is 4.60. The van der Waals surface area contributed by atoms with E-state index in [2.05, 4.69) is 17.1 Å². The summed E-state index contributed by atoms with van der Waals surface area (Å²) in [6.45, 7) is 9.23. The summed E-state index contributed by atoms with van der Waals surface area (Å²) in [6.07, 6.45) is 5.48. The minimum absolute atomic E-state index is 0.0768. The Morgan fingerprint density at radius 3 is 2.62 bits per heavy atom. The normalized spacial score (nSPS) is 19.8. The Labute approximate surface area is 98.9 Å². The van der Waals surface area contributed by atoms with Crippen molar-refractivity contribution in [3.05, 3.63) is 11.6 Å². The van der Waals surface area contributed by atoms with Crippen molar-refractivity contribution in [1.29, 1.82) is 0 Å². The lowest BCUT2D eigenvalue weighted by molar-refractivity contribution is -0.117. The summed E-state index contributed by atoms with van der Waals surface area (Å²) >= 11 is 0. The summed E-state index contributed by atoms with van der Waals surface area (Å²) < 4.78 is 0. The fourth-order valence-electron chi connectivity index (χ4n) is 2.09. The topological polar surface area (TPSA) is 32.3 Å². The molecule has 1 rings (SSSR count). The van der Waals surface area contributed by atoms with Crippen LogP contribution in [0, 0.1) is 0 Å². The molecule has 1 N–H and O–H groups in total. The van der Waals surface area contributed by atoms with Crippen LogP contribution in [0.4, 0.5) is 0 Å². The van der Waals surface area contributed by atoms with Gasteiger partial charge in [0.05, 0.1) is 0 Å². The second kappa shape index (κ2) is 6.69. The first-order valence-electron chi connectivity index (χ1n) is 6.34. The van der Waals surface area contributed by atoms with Crippen molar-refractivity contribution in [2.45, 2.75) is 46.1 Å². The average molecular weight is 224 g/mol. The van der Waals surface area contributed by atoms with Crippen LogP contribution in [0.1, 0.15) is 40.0 Å². The van der Waals surface area contributed by atoms with Gasteiger partial charge in [-0.2, -0.15) is 0 Å². The Balaban J connectivity index is 2.28. The molecule has 0 radical (unpaired) electrons. The predicted molar refractivity (Wildman–Crippen MR) is 67.3 cm³/mol. The number of nitrogens with zero attached hydrogens (tertiary/aromatic N) is 1. The summed E-state index contributed by atoms with van der Waals surface area (Å²) in [5.41, 5.74) is 0.830. The van der Waals surface area contributed by atoms with Crippen LogP contribution in [0.3, 0.4) is 0 Å². The van der Waals surface area contributed by atoms with Gasteiger partial charge in [-0.3, -0.25) is 9.69 Å². The van der Waals surface area contributed by atoms with Crippen LogP contribution in [0.25, 0.3) is 0 Å². The maximum absolute atomic E-state index is 11.7. The van der Waals surface area contributed by atoms with E-state index in [0.717, 1.165) is 18.5 Å². The summed E-state index contributed by atoms with van der Waals surface area (Å²) in [6, 6.07) is 0.459. The third-order valence-corrected chi connectivity index (χ3v) is 3.19. The van der Waals surface area contributed by atoms with E-state index in [0.29, 0.717) is 6.04 Å². The monoisotopic (exact) mass is 224 g/mol. The first kappa shape index (κ1) is 13.2. The van der Waals surface area contributed by atoms with E-state index in [1.807, 2.05) is 19.9 Å². The van der Waals surface area contributed by atoms with Gasteiger partial charge in [0.15, 0.2) is 0 Å². The van der Waals surface area contributed by atoms with Crippen LogP contribution in [-0.4, -0.2) is 36.5 Å². The van der Waals surface area contributed by atoms with Crippen molar-refractivity contribution < 1.29 is 4.79 Å². The fraction of sp³-hybridized carbons (Fsp3) is 0.769. The molecule has 3 nitrogen and oxygen atoms in total. The van der Waals surface area contributed by atoms with Crippen molar-refractivity contribution in [1.82, 2.24) is 10.2 Å². The minimum atomic E-state index is 0.0768. The van der Waals surface area contributed by atoms with E-state index in [4.69, 9.17) is 0 Å². The van der Waals surface area contributed by atoms with Gasteiger partial charge >= 0.3 is 0 Å². The molecule has 0 aromatic carbocycles. The maximum atomic E-state index is 11.7. The smallest absolute Gasteiger partial charge is 0.246 e. The van der Waals surface area contributed by atoms with E-state index in [-0.39, 0.29) is 5.91 Å². The molecule has 1 fully saturated rings. The molecule has 0 aromatic heterocycles. The molecule has 1 aliphatic rings. The minimum Gasteiger partial charge on any atom is -0.351 e. The number of carbonyl (C=O) groups excluding carboxylic acids is 1. The molecule has 0 aliphatic carbocycles. The van der Waals surface area contributed by atoms with Crippen LogP contribution in [0.15, 0.2) is 11.6 Å². The zero-order valence-corrected chi connectivity index (χ0v) is 10.8. The predicted octanol–water partition coefficient (Wildman–Crippen LogP) is 1.94. The Hall–Kier alpha value is -0.830.